The Morgan fingerprint density at radius 2 is 2.47 bits per heavy atom. The molecule has 104 valence electrons. The van der Waals surface area contributed by atoms with E-state index < -0.39 is 0 Å². The molecule has 1 aliphatic rings. The van der Waals surface area contributed by atoms with Crippen LogP contribution in [0.5, 0.6) is 0 Å². The smallest absolute Gasteiger partial charge is 0.246 e. The molecule has 5 heteroatoms. The first-order chi connectivity index (χ1) is 9.19. The van der Waals surface area contributed by atoms with E-state index in [1.54, 1.807) is 17.4 Å². The minimum Gasteiger partial charge on any atom is -0.339 e. The van der Waals surface area contributed by atoms with Crippen molar-refractivity contribution in [2.24, 2.45) is 5.92 Å². The number of nitrogens with one attached hydrogen (secondary N) is 1. The number of piperidine rings is 1. The van der Waals surface area contributed by atoms with Gasteiger partial charge in [0.1, 0.15) is 0 Å². The van der Waals surface area contributed by atoms with Gasteiger partial charge in [0.2, 0.25) is 5.91 Å². The third-order valence-electron chi connectivity index (χ3n) is 3.31. The minimum atomic E-state index is 0.130. The average Bonchev–Trinajstić information content (AvgIpc) is 2.82. The zero-order chi connectivity index (χ0) is 13.7. The van der Waals surface area contributed by atoms with Gasteiger partial charge in [-0.05, 0) is 66.5 Å². The summed E-state index contributed by atoms with van der Waals surface area (Å²) in [5.74, 6) is 0.720. The second-order valence-electron chi connectivity index (χ2n) is 4.83. The normalized spacial score (nSPS) is 20.1. The molecule has 1 N–H and O–H groups in total. The average molecular weight is 343 g/mol. The van der Waals surface area contributed by atoms with Crippen LogP contribution >= 0.6 is 27.3 Å². The van der Waals surface area contributed by atoms with Crippen molar-refractivity contribution >= 4 is 39.2 Å². The molecular formula is C14H19BrN2OS. The summed E-state index contributed by atoms with van der Waals surface area (Å²) in [6.45, 7) is 2.75. The summed E-state index contributed by atoms with van der Waals surface area (Å²) in [6, 6.07) is 4.01. The molecule has 1 aromatic rings. The van der Waals surface area contributed by atoms with Crippen molar-refractivity contribution in [1.29, 1.82) is 0 Å². The van der Waals surface area contributed by atoms with Crippen molar-refractivity contribution in [3.63, 3.8) is 0 Å². The highest BCUT2D eigenvalue weighted by atomic mass is 79.9. The fourth-order valence-corrected chi connectivity index (χ4v) is 3.72. The summed E-state index contributed by atoms with van der Waals surface area (Å²) in [7, 11) is 1.97. The van der Waals surface area contributed by atoms with Gasteiger partial charge in [0.25, 0.3) is 0 Å². The van der Waals surface area contributed by atoms with E-state index in [2.05, 4.69) is 21.2 Å². The SMILES string of the molecule is CNCC1CCCN(C(=O)/C=C/c2ccc(Br)s2)C1. The van der Waals surface area contributed by atoms with Gasteiger partial charge in [-0.15, -0.1) is 11.3 Å². The zero-order valence-electron chi connectivity index (χ0n) is 11.1. The van der Waals surface area contributed by atoms with Gasteiger partial charge in [-0.1, -0.05) is 0 Å². The monoisotopic (exact) mass is 342 g/mol. The van der Waals surface area contributed by atoms with Gasteiger partial charge < -0.3 is 10.2 Å². The van der Waals surface area contributed by atoms with E-state index in [0.29, 0.717) is 5.92 Å². The minimum absolute atomic E-state index is 0.130. The lowest BCUT2D eigenvalue weighted by Crippen LogP contribution is -2.41. The Kier molecular flexibility index (Phi) is 5.60. The van der Waals surface area contributed by atoms with Gasteiger partial charge in [-0.3, -0.25) is 4.79 Å². The number of halogens is 1. The predicted octanol–water partition coefficient (Wildman–Crippen LogP) is 2.98. The third kappa shape index (κ3) is 4.44. The zero-order valence-corrected chi connectivity index (χ0v) is 13.5. The molecule has 0 bridgehead atoms. The molecule has 0 aliphatic carbocycles. The fraction of sp³-hybridized carbons (Fsp3) is 0.500. The largest absolute Gasteiger partial charge is 0.339 e. The molecule has 3 nitrogen and oxygen atoms in total. The number of carbonyl (C=O) groups is 1. The first kappa shape index (κ1) is 14.8. The predicted molar refractivity (Wildman–Crippen MR) is 84.3 cm³/mol. The standard InChI is InChI=1S/C14H19BrN2OS/c1-16-9-11-3-2-8-17(10-11)14(18)7-5-12-4-6-13(15)19-12/h4-7,11,16H,2-3,8-10H2,1H3/b7-5+. The molecule has 19 heavy (non-hydrogen) atoms. The van der Waals surface area contributed by atoms with Crippen molar-refractivity contribution in [2.45, 2.75) is 12.8 Å². The Bertz CT molecular complexity index is 456. The molecule has 2 rings (SSSR count). The van der Waals surface area contributed by atoms with Crippen molar-refractivity contribution in [2.75, 3.05) is 26.7 Å². The van der Waals surface area contributed by atoms with E-state index in [-0.39, 0.29) is 5.91 Å². The van der Waals surface area contributed by atoms with E-state index in [9.17, 15) is 4.79 Å². The molecule has 1 atom stereocenters. The summed E-state index contributed by atoms with van der Waals surface area (Å²) >= 11 is 5.06. The highest BCUT2D eigenvalue weighted by molar-refractivity contribution is 9.11. The number of hydrogen-bond donors (Lipinski definition) is 1. The molecule has 0 saturated carbocycles. The van der Waals surface area contributed by atoms with E-state index >= 15 is 0 Å². The van der Waals surface area contributed by atoms with Gasteiger partial charge in [0.15, 0.2) is 0 Å². The van der Waals surface area contributed by atoms with Crippen LogP contribution in [0.4, 0.5) is 0 Å². The summed E-state index contributed by atoms with van der Waals surface area (Å²) in [5.41, 5.74) is 0. The lowest BCUT2D eigenvalue weighted by molar-refractivity contribution is -0.127. The van der Waals surface area contributed by atoms with E-state index in [1.807, 2.05) is 30.2 Å². The highest BCUT2D eigenvalue weighted by Crippen LogP contribution is 2.23. The maximum Gasteiger partial charge on any atom is 0.246 e. The molecular weight excluding hydrogens is 324 g/mol. The van der Waals surface area contributed by atoms with Crippen molar-refractivity contribution in [1.82, 2.24) is 10.2 Å². The van der Waals surface area contributed by atoms with Crippen molar-refractivity contribution in [3.8, 4) is 0 Å². The molecule has 2 heterocycles. The molecule has 1 amide bonds. The third-order valence-corrected chi connectivity index (χ3v) is 4.90. The molecule has 1 saturated heterocycles. The Balaban J connectivity index is 1.90. The van der Waals surface area contributed by atoms with Gasteiger partial charge in [-0.25, -0.2) is 0 Å². The van der Waals surface area contributed by atoms with Gasteiger partial charge >= 0.3 is 0 Å². The first-order valence-electron chi connectivity index (χ1n) is 6.56. The Labute approximate surface area is 126 Å². The Hall–Kier alpha value is -0.650. The molecule has 0 radical (unpaired) electrons. The van der Waals surface area contributed by atoms with Crippen LogP contribution in [-0.4, -0.2) is 37.5 Å². The lowest BCUT2D eigenvalue weighted by Gasteiger charge is -2.32. The molecule has 1 aliphatic heterocycles. The lowest BCUT2D eigenvalue weighted by atomic mass is 9.98. The van der Waals surface area contributed by atoms with Crippen LogP contribution < -0.4 is 5.32 Å². The summed E-state index contributed by atoms with van der Waals surface area (Å²) in [5, 5.41) is 3.20. The maximum atomic E-state index is 12.1. The summed E-state index contributed by atoms with van der Waals surface area (Å²) < 4.78 is 1.09. The second-order valence-corrected chi connectivity index (χ2v) is 7.32. The maximum absolute atomic E-state index is 12.1. The number of rotatable bonds is 4. The van der Waals surface area contributed by atoms with Crippen molar-refractivity contribution < 1.29 is 4.79 Å². The molecule has 1 fully saturated rings. The van der Waals surface area contributed by atoms with Crippen LogP contribution in [0.2, 0.25) is 0 Å². The molecule has 1 unspecified atom stereocenters. The highest BCUT2D eigenvalue weighted by Gasteiger charge is 2.21. The number of likely N-dealkylation sites (tertiary alicyclic amines) is 1. The van der Waals surface area contributed by atoms with Gasteiger partial charge in [0, 0.05) is 24.0 Å². The van der Waals surface area contributed by atoms with Crippen LogP contribution in [0, 0.1) is 5.92 Å². The van der Waals surface area contributed by atoms with Gasteiger partial charge in [0.05, 0.1) is 3.79 Å². The Morgan fingerprint density at radius 1 is 1.63 bits per heavy atom. The van der Waals surface area contributed by atoms with Crippen LogP contribution in [-0.2, 0) is 4.79 Å². The first-order valence-corrected chi connectivity index (χ1v) is 8.17. The number of carbonyl (C=O) groups excluding carboxylic acids is 1. The Morgan fingerprint density at radius 3 is 3.16 bits per heavy atom. The van der Waals surface area contributed by atoms with Crippen LogP contribution in [0.1, 0.15) is 17.7 Å². The summed E-state index contributed by atoms with van der Waals surface area (Å²) in [6.07, 6.45) is 5.92. The quantitative estimate of drug-likeness (QED) is 0.853. The number of amides is 1. The van der Waals surface area contributed by atoms with Crippen LogP contribution in [0.3, 0.4) is 0 Å². The van der Waals surface area contributed by atoms with E-state index in [0.717, 1.165) is 34.7 Å². The number of thiophene rings is 1. The van der Waals surface area contributed by atoms with Crippen LogP contribution in [0.15, 0.2) is 22.0 Å². The van der Waals surface area contributed by atoms with Crippen molar-refractivity contribution in [3.05, 3.63) is 26.9 Å². The van der Waals surface area contributed by atoms with E-state index in [1.165, 1.54) is 6.42 Å². The van der Waals surface area contributed by atoms with Crippen LogP contribution in [0.25, 0.3) is 6.08 Å². The molecule has 0 spiro atoms. The topological polar surface area (TPSA) is 32.3 Å². The van der Waals surface area contributed by atoms with E-state index in [4.69, 9.17) is 0 Å². The number of nitrogens with zero attached hydrogens (tertiary/aromatic N) is 1. The second kappa shape index (κ2) is 7.22. The fourth-order valence-electron chi connectivity index (χ4n) is 2.40. The molecule has 0 aromatic carbocycles. The number of hydrogen-bond acceptors (Lipinski definition) is 3. The molecule has 1 aromatic heterocycles. The summed E-state index contributed by atoms with van der Waals surface area (Å²) in [4.78, 5) is 15.2. The van der Waals surface area contributed by atoms with Gasteiger partial charge in [-0.2, -0.15) is 0 Å².